The Hall–Kier alpha value is -6.17. The molecule has 53 heavy (non-hydrogen) atoms. The van der Waals surface area contributed by atoms with E-state index >= 15 is 0 Å². The van der Waals surface area contributed by atoms with E-state index in [2.05, 4.69) is 0 Å². The average Bonchev–Trinajstić information content (AvgIpc) is 3.08. The molecular weight excluding hydrogens is 738 g/mol. The fraction of sp³-hybridized carbons (Fsp3) is 0. The number of para-hydroxylation sites is 3. The van der Waals surface area contributed by atoms with E-state index in [1.54, 1.807) is 0 Å². The van der Waals surface area contributed by atoms with Gasteiger partial charge in [0.2, 0.25) is 0 Å². The van der Waals surface area contributed by atoms with Gasteiger partial charge in [-0.05, 0) is 30.3 Å². The molecule has 0 saturated carbocycles. The smallest absolute Gasteiger partial charge is 0.545 e. The molecule has 4 aromatic rings. The first kappa shape index (κ1) is 48.9. The molecule has 0 aromatic heterocycles. The summed E-state index contributed by atoms with van der Waals surface area (Å²) in [5.41, 5.74) is -3.95. The molecule has 0 aliphatic rings. The van der Waals surface area contributed by atoms with Crippen molar-refractivity contribution >= 4 is 52.6 Å². The largest absolute Gasteiger partial charge is 1.00 e. The van der Waals surface area contributed by atoms with E-state index < -0.39 is 83.3 Å². The van der Waals surface area contributed by atoms with E-state index in [1.165, 1.54) is 42.5 Å². The van der Waals surface area contributed by atoms with Gasteiger partial charge in [-0.1, -0.05) is 36.4 Å². The Labute approximate surface area is 338 Å². The third-order valence-corrected chi connectivity index (χ3v) is 5.64. The minimum atomic E-state index is -1.54. The Kier molecular flexibility index (Phi) is 21.5. The number of nitrogens with zero attached hydrogens (tertiary/aromatic N) is 4. The number of aromatic carboxylic acids is 5. The summed E-state index contributed by atoms with van der Waals surface area (Å²) in [6.07, 6.45) is 0. The first-order chi connectivity index (χ1) is 23.8. The van der Waals surface area contributed by atoms with Crippen LogP contribution < -0.4 is 69.3 Å². The van der Waals surface area contributed by atoms with Crippen molar-refractivity contribution in [2.24, 2.45) is 0 Å². The molecule has 0 bridgehead atoms. The van der Waals surface area contributed by atoms with Crippen LogP contribution in [0.4, 0.5) is 22.7 Å². The number of hydrogen-bond acceptors (Lipinski definition) is 15. The van der Waals surface area contributed by atoms with Crippen molar-refractivity contribution in [1.29, 1.82) is 0 Å². The number of hydrogen-bond donors (Lipinski definition) is 3. The molecule has 0 spiro atoms. The van der Waals surface area contributed by atoms with Crippen molar-refractivity contribution < 1.29 is 128 Å². The van der Waals surface area contributed by atoms with E-state index in [4.69, 9.17) is 15.3 Å². The van der Waals surface area contributed by atoms with Gasteiger partial charge in [0.1, 0.15) is 11.1 Å². The van der Waals surface area contributed by atoms with E-state index in [-0.39, 0.29) is 75.9 Å². The van der Waals surface area contributed by atoms with Crippen LogP contribution in [0.15, 0.2) is 91.0 Å². The van der Waals surface area contributed by atoms with Gasteiger partial charge < -0.3 is 35.1 Å². The minimum Gasteiger partial charge on any atom is -0.545 e. The maximum absolute atomic E-state index is 10.6. The molecule has 0 unspecified atom stereocenters. The van der Waals surface area contributed by atoms with Crippen LogP contribution in [0.2, 0.25) is 0 Å². The van der Waals surface area contributed by atoms with E-state index in [1.807, 2.05) is 0 Å². The third kappa shape index (κ3) is 15.3. The van der Waals surface area contributed by atoms with Crippen LogP contribution in [-0.4, -0.2) is 64.9 Å². The van der Waals surface area contributed by atoms with Crippen molar-refractivity contribution in [3.8, 4) is 0 Å². The molecule has 4 rings (SSSR count). The molecule has 4 aromatic carbocycles. The topological polar surface area (TPSA) is 365 Å². The van der Waals surface area contributed by atoms with Crippen molar-refractivity contribution in [2.45, 2.75) is 0 Å². The van der Waals surface area contributed by atoms with Gasteiger partial charge in [-0.3, -0.25) is 40.5 Å². The number of carbonyl (C=O) groups excluding carboxylic acids is 2. The van der Waals surface area contributed by atoms with Gasteiger partial charge in [0.25, 0.3) is 22.7 Å². The third-order valence-electron chi connectivity index (χ3n) is 5.64. The van der Waals surface area contributed by atoms with Crippen molar-refractivity contribution in [3.63, 3.8) is 0 Å². The zero-order valence-electron chi connectivity index (χ0n) is 26.9. The van der Waals surface area contributed by atoms with Crippen molar-refractivity contribution in [2.75, 3.05) is 0 Å². The minimum absolute atomic E-state index is 0. The predicted octanol–water partition coefficient (Wildman–Crippen LogP) is -3.79. The van der Waals surface area contributed by atoms with Gasteiger partial charge in [0.05, 0.1) is 48.3 Å². The Morgan fingerprint density at radius 3 is 0.943 bits per heavy atom. The number of carbonyl (C=O) groups is 5. The van der Waals surface area contributed by atoms with Crippen LogP contribution in [0.3, 0.4) is 0 Å². The zero-order valence-corrected chi connectivity index (χ0v) is 30.9. The average molecular weight is 756 g/mol. The number of benzene rings is 4. The first-order valence-electron chi connectivity index (χ1n) is 12.9. The van der Waals surface area contributed by atoms with Gasteiger partial charge in [-0.25, -0.2) is 14.4 Å². The number of carboxylic acid groups (broad SMARTS) is 5. The summed E-state index contributed by atoms with van der Waals surface area (Å²) < 4.78 is 0. The first-order valence-corrected chi connectivity index (χ1v) is 12.9. The number of nitro benzene ring substituents is 4. The van der Waals surface area contributed by atoms with E-state index in [0.29, 0.717) is 0 Å². The molecule has 0 fully saturated rings. The molecule has 0 saturated heterocycles. The van der Waals surface area contributed by atoms with Crippen molar-refractivity contribution in [1.82, 2.24) is 0 Å². The summed E-state index contributed by atoms with van der Waals surface area (Å²) in [5, 5.41) is 87.5. The number of nitro groups is 4. The Morgan fingerprint density at radius 2 is 0.698 bits per heavy atom. The molecule has 264 valence electrons. The maximum atomic E-state index is 10.6. The fourth-order valence-electron chi connectivity index (χ4n) is 3.42. The predicted molar refractivity (Wildman–Crippen MR) is 162 cm³/mol. The second-order valence-corrected chi connectivity index (χ2v) is 8.80. The molecule has 0 heterocycles. The molecule has 0 atom stereocenters. The summed E-state index contributed by atoms with van der Waals surface area (Å²) in [6.45, 7) is 0. The monoisotopic (exact) mass is 756 g/mol. The summed E-state index contributed by atoms with van der Waals surface area (Å²) in [4.78, 5) is 90.2. The van der Waals surface area contributed by atoms with Crippen LogP contribution in [-0.2, 0) is 0 Å². The number of carboxylic acids is 5. The van der Waals surface area contributed by atoms with Gasteiger partial charge in [-0.2, -0.15) is 0 Å². The summed E-state index contributed by atoms with van der Waals surface area (Å²) in [5.74, 6) is -7.25. The molecule has 24 heteroatoms. The van der Waals surface area contributed by atoms with Crippen LogP contribution in [0.25, 0.3) is 0 Å². The quantitative estimate of drug-likeness (QED) is 0.0837. The van der Waals surface area contributed by atoms with Gasteiger partial charge in [-0.15, -0.1) is 0 Å². The van der Waals surface area contributed by atoms with Crippen LogP contribution in [0, 0.1) is 40.5 Å². The molecule has 0 aliphatic carbocycles. The van der Waals surface area contributed by atoms with Crippen LogP contribution in [0.5, 0.6) is 0 Å². The second-order valence-electron chi connectivity index (χ2n) is 8.80. The molecule has 22 nitrogen and oxygen atoms in total. The zero-order chi connectivity index (χ0) is 39.0. The van der Waals surface area contributed by atoms with Crippen molar-refractivity contribution in [3.05, 3.63) is 159 Å². The summed E-state index contributed by atoms with van der Waals surface area (Å²) in [7, 11) is 0. The molecule has 3 N–H and O–H groups in total. The van der Waals surface area contributed by atoms with Crippen LogP contribution in [0.1, 0.15) is 51.8 Å². The van der Waals surface area contributed by atoms with E-state index in [0.717, 1.165) is 48.5 Å². The number of rotatable bonds is 9. The standard InChI is InChI=1S/C8H5NO6.3C7H5NO4.2Na/c10-7(11)4-1-2-6(9(14)15)5(3-4)8(12)13;3*9-7(10)5-3-1-2-4-6(5)8(11)12;;/h1-3H,(H,10,11)(H,12,13);3*1-4H,(H,9,10);;/q;;;;2*+1/p-2. The second kappa shape index (κ2) is 23.3. The van der Waals surface area contributed by atoms with E-state index in [9.17, 15) is 74.6 Å². The van der Waals surface area contributed by atoms with Gasteiger partial charge in [0.15, 0.2) is 0 Å². The van der Waals surface area contributed by atoms with Crippen LogP contribution >= 0.6 is 0 Å². The molecule has 0 amide bonds. The maximum Gasteiger partial charge on any atom is 1.00 e. The van der Waals surface area contributed by atoms with Gasteiger partial charge in [0, 0.05) is 24.3 Å². The fourth-order valence-corrected chi connectivity index (χ4v) is 3.42. The summed E-state index contributed by atoms with van der Waals surface area (Å²) in [6, 6.07) is 17.9. The summed E-state index contributed by atoms with van der Waals surface area (Å²) >= 11 is 0. The molecular formula is C29H18N4Na2O18. The van der Waals surface area contributed by atoms with Gasteiger partial charge >= 0.3 is 77.0 Å². The Balaban J connectivity index is 0. The Morgan fingerprint density at radius 1 is 0.415 bits per heavy atom. The SMILES string of the molecule is O=C(O)c1ccc([N+](=O)[O-])c(C(=O)O)c1.O=C(O)c1ccccc1[N+](=O)[O-].O=C([O-])c1ccccc1[N+](=O)[O-].O=C([O-])c1ccccc1[N+](=O)[O-].[Na+].[Na+]. The Bertz CT molecular complexity index is 1780. The molecule has 0 radical (unpaired) electrons. The molecule has 0 aliphatic heterocycles. The normalized spacial score (nSPS) is 9.06.